The highest BCUT2D eigenvalue weighted by atomic mass is 35.5. The Balaban J connectivity index is 0.00000220. The van der Waals surface area contributed by atoms with E-state index in [1.165, 1.54) is 5.38 Å². The molecule has 1 saturated heterocycles. The highest BCUT2D eigenvalue weighted by Crippen LogP contribution is 2.26. The molecule has 10 heteroatoms. The molecule has 1 amide bonds. The normalized spacial score (nSPS) is 16.5. The maximum atomic E-state index is 12.6. The Morgan fingerprint density at radius 2 is 2.00 bits per heavy atom. The molecule has 1 fully saturated rings. The molecule has 2 N–H and O–H groups in total. The molecule has 0 unspecified atom stereocenters. The number of carbonyl (C=O) groups excluding carboxylic acids is 1. The third-order valence-corrected chi connectivity index (χ3v) is 5.52. The van der Waals surface area contributed by atoms with Gasteiger partial charge in [-0.2, -0.15) is 8.78 Å². The van der Waals surface area contributed by atoms with Gasteiger partial charge in [0.15, 0.2) is 0 Å². The first kappa shape index (κ1) is 18.3. The number of piperidine rings is 1. The van der Waals surface area contributed by atoms with Gasteiger partial charge in [-0.1, -0.05) is 0 Å². The van der Waals surface area contributed by atoms with E-state index in [0.29, 0.717) is 0 Å². The lowest BCUT2D eigenvalue weighted by Crippen LogP contribution is -2.42. The number of hydrogen-bond acceptors (Lipinski definition) is 5. The van der Waals surface area contributed by atoms with Crippen molar-refractivity contribution in [3.63, 3.8) is 0 Å². The molecule has 21 heavy (non-hydrogen) atoms. The SMILES string of the molecule is Cl.O=C(NC1CCNCC1)c1sccc1S(=O)(=O)C(F)F. The van der Waals surface area contributed by atoms with Crippen LogP contribution in [0.3, 0.4) is 0 Å². The molecule has 0 saturated carbocycles. The first-order valence-corrected chi connectivity index (χ1v) is 8.46. The summed E-state index contributed by atoms with van der Waals surface area (Å²) >= 11 is 0.850. The fraction of sp³-hybridized carbons (Fsp3) is 0.545. The summed E-state index contributed by atoms with van der Waals surface area (Å²) in [6.45, 7) is 1.52. The van der Waals surface area contributed by atoms with Gasteiger partial charge in [0.2, 0.25) is 9.84 Å². The highest BCUT2D eigenvalue weighted by molar-refractivity contribution is 7.92. The number of alkyl halides is 2. The largest absolute Gasteiger partial charge is 0.348 e. The molecule has 1 aromatic rings. The van der Waals surface area contributed by atoms with Gasteiger partial charge in [-0.15, -0.1) is 23.7 Å². The molecule has 2 rings (SSSR count). The quantitative estimate of drug-likeness (QED) is 0.856. The van der Waals surface area contributed by atoms with E-state index in [-0.39, 0.29) is 23.3 Å². The zero-order valence-electron chi connectivity index (χ0n) is 10.8. The molecule has 0 atom stereocenters. The van der Waals surface area contributed by atoms with Gasteiger partial charge in [0, 0.05) is 6.04 Å². The van der Waals surface area contributed by atoms with E-state index in [1.54, 1.807) is 0 Å². The van der Waals surface area contributed by atoms with Gasteiger partial charge in [-0.05, 0) is 37.4 Å². The number of carbonyl (C=O) groups is 1. The lowest BCUT2D eigenvalue weighted by molar-refractivity contribution is 0.0930. The molecule has 0 aliphatic carbocycles. The zero-order chi connectivity index (χ0) is 14.8. The van der Waals surface area contributed by atoms with Crippen LogP contribution >= 0.6 is 23.7 Å². The molecular formula is C11H15ClF2N2O3S2. The highest BCUT2D eigenvalue weighted by Gasteiger charge is 2.32. The minimum atomic E-state index is -4.75. The van der Waals surface area contributed by atoms with Gasteiger partial charge in [-0.25, -0.2) is 8.42 Å². The zero-order valence-corrected chi connectivity index (χ0v) is 13.3. The maximum absolute atomic E-state index is 12.6. The van der Waals surface area contributed by atoms with Crippen LogP contribution in [0.1, 0.15) is 22.5 Å². The van der Waals surface area contributed by atoms with E-state index in [4.69, 9.17) is 0 Å². The van der Waals surface area contributed by atoms with Crippen molar-refractivity contribution in [2.24, 2.45) is 0 Å². The summed E-state index contributed by atoms with van der Waals surface area (Å²) in [4.78, 5) is 11.3. The molecular weight excluding hydrogens is 346 g/mol. The summed E-state index contributed by atoms with van der Waals surface area (Å²) in [5, 5.41) is 7.15. The molecule has 0 spiro atoms. The number of amides is 1. The Hall–Kier alpha value is -0.770. The van der Waals surface area contributed by atoms with E-state index in [9.17, 15) is 22.0 Å². The average molecular weight is 361 g/mol. The van der Waals surface area contributed by atoms with Crippen LogP contribution < -0.4 is 10.6 Å². The Kier molecular flexibility index (Phi) is 6.51. The molecule has 0 radical (unpaired) electrons. The van der Waals surface area contributed by atoms with Crippen molar-refractivity contribution in [2.75, 3.05) is 13.1 Å². The Bertz CT molecular complexity index is 586. The van der Waals surface area contributed by atoms with E-state index >= 15 is 0 Å². The van der Waals surface area contributed by atoms with Gasteiger partial charge in [0.1, 0.15) is 4.88 Å². The summed E-state index contributed by atoms with van der Waals surface area (Å²) < 4.78 is 48.1. The van der Waals surface area contributed by atoms with Gasteiger partial charge >= 0.3 is 5.76 Å². The molecule has 1 aromatic heterocycles. The summed E-state index contributed by atoms with van der Waals surface area (Å²) in [5.41, 5.74) is 0. The molecule has 5 nitrogen and oxygen atoms in total. The molecule has 0 bridgehead atoms. The second-order valence-corrected chi connectivity index (χ2v) is 7.22. The van der Waals surface area contributed by atoms with Crippen LogP contribution in [0.5, 0.6) is 0 Å². The predicted octanol–water partition coefficient (Wildman–Crippen LogP) is 1.65. The summed E-state index contributed by atoms with van der Waals surface area (Å²) in [7, 11) is -4.75. The van der Waals surface area contributed by atoms with Crippen LogP contribution in [-0.4, -0.2) is 39.2 Å². The fourth-order valence-electron chi connectivity index (χ4n) is 2.00. The van der Waals surface area contributed by atoms with Gasteiger partial charge < -0.3 is 10.6 Å². The van der Waals surface area contributed by atoms with Crippen molar-refractivity contribution in [2.45, 2.75) is 29.5 Å². The molecule has 120 valence electrons. The van der Waals surface area contributed by atoms with Crippen molar-refractivity contribution in [3.8, 4) is 0 Å². The van der Waals surface area contributed by atoms with Crippen LogP contribution in [0.2, 0.25) is 0 Å². The van der Waals surface area contributed by atoms with Gasteiger partial charge in [0.05, 0.1) is 4.90 Å². The lowest BCUT2D eigenvalue weighted by atomic mass is 10.1. The summed E-state index contributed by atoms with van der Waals surface area (Å²) in [5.74, 6) is -4.13. The Morgan fingerprint density at radius 3 is 2.57 bits per heavy atom. The monoisotopic (exact) mass is 360 g/mol. The van der Waals surface area contributed by atoms with Gasteiger partial charge in [-0.3, -0.25) is 4.79 Å². The maximum Gasteiger partial charge on any atom is 0.341 e. The molecule has 0 aromatic carbocycles. The lowest BCUT2D eigenvalue weighted by Gasteiger charge is -2.23. The Morgan fingerprint density at radius 1 is 1.38 bits per heavy atom. The van der Waals surface area contributed by atoms with E-state index in [2.05, 4.69) is 10.6 Å². The predicted molar refractivity (Wildman–Crippen MR) is 78.1 cm³/mol. The van der Waals surface area contributed by atoms with Crippen LogP contribution in [0.25, 0.3) is 0 Å². The van der Waals surface area contributed by atoms with Crippen molar-refractivity contribution < 1.29 is 22.0 Å². The average Bonchev–Trinajstić information content (AvgIpc) is 2.89. The summed E-state index contributed by atoms with van der Waals surface area (Å²) in [6.07, 6.45) is 1.46. The second-order valence-electron chi connectivity index (χ2n) is 4.42. The number of halogens is 3. The number of rotatable bonds is 4. The van der Waals surface area contributed by atoms with Crippen LogP contribution in [0.4, 0.5) is 8.78 Å². The smallest absolute Gasteiger partial charge is 0.341 e. The number of nitrogens with one attached hydrogen (secondary N) is 2. The second kappa shape index (κ2) is 7.48. The van der Waals surface area contributed by atoms with Crippen LogP contribution in [0, 0.1) is 0 Å². The molecule has 1 aliphatic rings. The first-order chi connectivity index (χ1) is 9.43. The van der Waals surface area contributed by atoms with Crippen molar-refractivity contribution in [3.05, 3.63) is 16.3 Å². The summed E-state index contributed by atoms with van der Waals surface area (Å²) in [6, 6.07) is 0.983. The third-order valence-electron chi connectivity index (χ3n) is 3.05. The minimum Gasteiger partial charge on any atom is -0.348 e. The fourth-order valence-corrected chi connectivity index (χ4v) is 4.07. The molecule has 1 aliphatic heterocycles. The number of sulfone groups is 1. The van der Waals surface area contributed by atoms with Crippen molar-refractivity contribution in [1.82, 2.24) is 10.6 Å². The van der Waals surface area contributed by atoms with E-state index in [1.807, 2.05) is 0 Å². The van der Waals surface area contributed by atoms with Crippen LogP contribution in [-0.2, 0) is 9.84 Å². The minimum absolute atomic E-state index is 0. The van der Waals surface area contributed by atoms with E-state index in [0.717, 1.165) is 43.3 Å². The van der Waals surface area contributed by atoms with Crippen LogP contribution in [0.15, 0.2) is 16.3 Å². The van der Waals surface area contributed by atoms with E-state index < -0.39 is 26.4 Å². The number of hydrogen-bond donors (Lipinski definition) is 2. The van der Waals surface area contributed by atoms with Crippen molar-refractivity contribution >= 4 is 39.5 Å². The topological polar surface area (TPSA) is 75.3 Å². The number of thiophene rings is 1. The Labute approximate surface area is 131 Å². The third kappa shape index (κ3) is 4.12. The van der Waals surface area contributed by atoms with Crippen molar-refractivity contribution in [1.29, 1.82) is 0 Å². The first-order valence-electron chi connectivity index (χ1n) is 6.04. The molecule has 2 heterocycles. The standard InChI is InChI=1S/C11H14F2N2O3S2.ClH/c12-11(13)20(17,18)8-3-6-19-9(8)10(16)15-7-1-4-14-5-2-7;/h3,6-7,11,14H,1-2,4-5H2,(H,15,16);1H. The van der Waals surface area contributed by atoms with Gasteiger partial charge in [0.25, 0.3) is 5.91 Å².